The number of likely N-dealkylation sites (N-methyl/N-ethyl adjacent to an activating group) is 1. The van der Waals surface area contributed by atoms with Gasteiger partial charge in [0.05, 0.1) is 6.33 Å². The van der Waals surface area contributed by atoms with Crippen molar-refractivity contribution >= 4 is 15.9 Å². The predicted molar refractivity (Wildman–Crippen MR) is 75.9 cm³/mol. The van der Waals surface area contributed by atoms with Crippen LogP contribution in [0.5, 0.6) is 0 Å². The minimum absolute atomic E-state index is 0.00902. The van der Waals surface area contributed by atoms with E-state index < -0.39 is 10.0 Å². The maximum absolute atomic E-state index is 12.7. The summed E-state index contributed by atoms with van der Waals surface area (Å²) < 4.78 is 28.6. The zero-order valence-electron chi connectivity index (χ0n) is 12.3. The van der Waals surface area contributed by atoms with E-state index in [1.807, 2.05) is 11.8 Å². The Kier molecular flexibility index (Phi) is 3.53. The molecule has 8 heteroatoms. The van der Waals surface area contributed by atoms with E-state index in [0.29, 0.717) is 32.4 Å². The van der Waals surface area contributed by atoms with Gasteiger partial charge >= 0.3 is 0 Å². The molecule has 3 rings (SSSR count). The van der Waals surface area contributed by atoms with Gasteiger partial charge in [0.1, 0.15) is 0 Å². The molecule has 7 nitrogen and oxygen atoms in total. The molecule has 0 spiro atoms. The zero-order chi connectivity index (χ0) is 15.2. The number of fused-ring (bicyclic) bond motifs is 1. The summed E-state index contributed by atoms with van der Waals surface area (Å²) >= 11 is 0. The van der Waals surface area contributed by atoms with Crippen LogP contribution in [0.4, 0.5) is 0 Å². The van der Waals surface area contributed by atoms with E-state index in [9.17, 15) is 13.2 Å². The van der Waals surface area contributed by atoms with Crippen LogP contribution in [0, 0.1) is 0 Å². The van der Waals surface area contributed by atoms with Crippen LogP contribution in [-0.4, -0.2) is 58.3 Å². The number of hydrogen-bond acceptors (Lipinski definition) is 4. The number of rotatable bonds is 3. The number of imidazole rings is 1. The van der Waals surface area contributed by atoms with Gasteiger partial charge in [-0.2, -0.15) is 4.31 Å². The Bertz CT molecular complexity index is 654. The number of piperidine rings is 1. The van der Waals surface area contributed by atoms with Gasteiger partial charge in [-0.25, -0.2) is 13.4 Å². The van der Waals surface area contributed by atoms with Crippen LogP contribution in [0.25, 0.3) is 0 Å². The summed E-state index contributed by atoms with van der Waals surface area (Å²) in [6.45, 7) is 3.03. The van der Waals surface area contributed by atoms with Crippen molar-refractivity contribution in [2.45, 2.75) is 43.3 Å². The quantitative estimate of drug-likeness (QED) is 0.799. The van der Waals surface area contributed by atoms with Crippen LogP contribution in [0.15, 0.2) is 17.6 Å². The first kappa shape index (κ1) is 14.5. The minimum Gasteiger partial charge on any atom is -0.339 e. The fraction of sp³-hybridized carbons (Fsp3) is 0.692. The number of nitrogens with zero attached hydrogens (tertiary/aromatic N) is 4. The SMILES string of the molecule is CCN1C(=O)CC[C@@H]2[C@H]1CCN2S(=O)(=O)c1cn(C)cn1. The molecule has 1 aromatic rings. The molecule has 2 saturated heterocycles. The molecular weight excluding hydrogens is 292 g/mol. The van der Waals surface area contributed by atoms with E-state index in [1.165, 1.54) is 16.8 Å². The highest BCUT2D eigenvalue weighted by Gasteiger charge is 2.47. The smallest absolute Gasteiger partial charge is 0.262 e. The molecule has 0 saturated carbocycles. The molecule has 3 heterocycles. The van der Waals surface area contributed by atoms with Crippen molar-refractivity contribution in [3.8, 4) is 0 Å². The molecule has 0 radical (unpaired) electrons. The Hall–Kier alpha value is -1.41. The number of carbonyl (C=O) groups is 1. The lowest BCUT2D eigenvalue weighted by atomic mass is 9.97. The van der Waals surface area contributed by atoms with Crippen molar-refractivity contribution in [3.63, 3.8) is 0 Å². The van der Waals surface area contributed by atoms with Crippen LogP contribution in [-0.2, 0) is 21.9 Å². The molecule has 0 aromatic carbocycles. The van der Waals surface area contributed by atoms with Crippen molar-refractivity contribution in [2.24, 2.45) is 7.05 Å². The molecule has 0 aliphatic carbocycles. The lowest BCUT2D eigenvalue weighted by Gasteiger charge is -2.38. The molecule has 1 amide bonds. The molecule has 2 fully saturated rings. The third kappa shape index (κ3) is 2.26. The third-order valence-electron chi connectivity index (χ3n) is 4.43. The Balaban J connectivity index is 1.90. The Morgan fingerprint density at radius 3 is 2.71 bits per heavy atom. The molecule has 116 valence electrons. The summed E-state index contributed by atoms with van der Waals surface area (Å²) in [5.74, 6) is 0.135. The molecule has 0 unspecified atom stereocenters. The van der Waals surface area contributed by atoms with Crippen molar-refractivity contribution in [3.05, 3.63) is 12.5 Å². The van der Waals surface area contributed by atoms with E-state index in [-0.39, 0.29) is 23.0 Å². The van der Waals surface area contributed by atoms with Gasteiger partial charge in [0.15, 0.2) is 5.03 Å². The zero-order valence-corrected chi connectivity index (χ0v) is 13.1. The lowest BCUT2D eigenvalue weighted by Crippen LogP contribution is -2.53. The predicted octanol–water partition coefficient (Wildman–Crippen LogP) is 0.194. The minimum atomic E-state index is -3.57. The molecule has 2 atom stereocenters. The van der Waals surface area contributed by atoms with E-state index in [2.05, 4.69) is 4.98 Å². The second-order valence-electron chi connectivity index (χ2n) is 5.63. The van der Waals surface area contributed by atoms with Gasteiger partial charge in [-0.15, -0.1) is 0 Å². The van der Waals surface area contributed by atoms with Crippen LogP contribution >= 0.6 is 0 Å². The number of aromatic nitrogens is 2. The highest BCUT2D eigenvalue weighted by Crippen LogP contribution is 2.34. The highest BCUT2D eigenvalue weighted by atomic mass is 32.2. The van der Waals surface area contributed by atoms with Crippen LogP contribution in [0.2, 0.25) is 0 Å². The standard InChI is InChI=1S/C13H20N4O3S/c1-3-16-10-6-7-17(11(10)4-5-13(16)18)21(19,20)12-8-15(2)9-14-12/h8-11H,3-7H2,1-2H3/t10-,11-/m1/s1. The van der Waals surface area contributed by atoms with Crippen molar-refractivity contribution in [1.82, 2.24) is 18.8 Å². The Morgan fingerprint density at radius 2 is 2.10 bits per heavy atom. The van der Waals surface area contributed by atoms with Gasteiger partial charge in [-0.1, -0.05) is 0 Å². The second-order valence-corrected chi connectivity index (χ2v) is 7.47. The first-order valence-electron chi connectivity index (χ1n) is 7.24. The van der Waals surface area contributed by atoms with Crippen LogP contribution in [0.3, 0.4) is 0 Å². The summed E-state index contributed by atoms with van der Waals surface area (Å²) in [7, 11) is -1.83. The maximum atomic E-state index is 12.7. The number of aryl methyl sites for hydroxylation is 1. The van der Waals surface area contributed by atoms with Gasteiger partial charge in [-0.05, 0) is 19.8 Å². The number of hydrogen-bond donors (Lipinski definition) is 0. The Morgan fingerprint density at radius 1 is 1.33 bits per heavy atom. The van der Waals surface area contributed by atoms with Gasteiger partial charge in [0, 0.05) is 44.8 Å². The molecule has 21 heavy (non-hydrogen) atoms. The summed E-state index contributed by atoms with van der Waals surface area (Å²) in [5, 5.41) is 0.0885. The monoisotopic (exact) mass is 312 g/mol. The fourth-order valence-corrected chi connectivity index (χ4v) is 5.13. The molecule has 1 aromatic heterocycles. The molecule has 0 bridgehead atoms. The van der Waals surface area contributed by atoms with Crippen LogP contribution in [0.1, 0.15) is 26.2 Å². The Labute approximate surface area is 124 Å². The molecule has 0 N–H and O–H groups in total. The fourth-order valence-electron chi connectivity index (χ4n) is 3.46. The summed E-state index contributed by atoms with van der Waals surface area (Å²) in [4.78, 5) is 17.7. The molecular formula is C13H20N4O3S. The van der Waals surface area contributed by atoms with Gasteiger partial charge < -0.3 is 9.47 Å². The van der Waals surface area contributed by atoms with Crippen molar-refractivity contribution in [1.29, 1.82) is 0 Å². The summed E-state index contributed by atoms with van der Waals surface area (Å²) in [6, 6.07) is -0.107. The number of carbonyl (C=O) groups excluding carboxylic acids is 1. The van der Waals surface area contributed by atoms with Crippen molar-refractivity contribution < 1.29 is 13.2 Å². The average Bonchev–Trinajstić information content (AvgIpc) is 3.05. The first-order valence-corrected chi connectivity index (χ1v) is 8.68. The van der Waals surface area contributed by atoms with Gasteiger partial charge in [0.25, 0.3) is 10.0 Å². The van der Waals surface area contributed by atoms with E-state index in [1.54, 1.807) is 11.6 Å². The first-order chi connectivity index (χ1) is 9.95. The third-order valence-corrected chi connectivity index (χ3v) is 6.24. The summed E-state index contributed by atoms with van der Waals surface area (Å²) in [6.07, 6.45) is 4.74. The van der Waals surface area contributed by atoms with E-state index in [0.717, 1.165) is 0 Å². The van der Waals surface area contributed by atoms with Gasteiger partial charge in [0.2, 0.25) is 5.91 Å². The molecule has 2 aliphatic heterocycles. The van der Waals surface area contributed by atoms with E-state index >= 15 is 0 Å². The average molecular weight is 312 g/mol. The maximum Gasteiger partial charge on any atom is 0.262 e. The lowest BCUT2D eigenvalue weighted by molar-refractivity contribution is -0.136. The summed E-state index contributed by atoms with van der Waals surface area (Å²) in [5.41, 5.74) is 0. The second kappa shape index (κ2) is 5.10. The number of likely N-dealkylation sites (tertiary alicyclic amines) is 1. The molecule has 2 aliphatic rings. The topological polar surface area (TPSA) is 75.5 Å². The van der Waals surface area contributed by atoms with E-state index in [4.69, 9.17) is 0 Å². The number of sulfonamides is 1. The normalized spacial score (nSPS) is 27.1. The van der Waals surface area contributed by atoms with Crippen molar-refractivity contribution in [2.75, 3.05) is 13.1 Å². The van der Waals surface area contributed by atoms with Crippen LogP contribution < -0.4 is 0 Å². The van der Waals surface area contributed by atoms with Gasteiger partial charge in [-0.3, -0.25) is 4.79 Å². The number of amides is 1. The largest absolute Gasteiger partial charge is 0.339 e. The highest BCUT2D eigenvalue weighted by molar-refractivity contribution is 7.89.